The number of alkyl halides is 1. The van der Waals surface area contributed by atoms with Gasteiger partial charge in [0.05, 0.1) is 0 Å². The minimum absolute atomic E-state index is 0.101. The van der Waals surface area contributed by atoms with E-state index in [1.807, 2.05) is 0 Å². The summed E-state index contributed by atoms with van der Waals surface area (Å²) in [5, 5.41) is 0. The molecular formula is C35H69FO2. The monoisotopic (exact) mass is 541 g/mol. The van der Waals surface area contributed by atoms with E-state index in [1.54, 1.807) is 0 Å². The van der Waals surface area contributed by atoms with Crippen LogP contribution >= 0.6 is 0 Å². The van der Waals surface area contributed by atoms with Crippen molar-refractivity contribution in [2.45, 2.75) is 208 Å². The Morgan fingerprint density at radius 2 is 0.895 bits per heavy atom. The Morgan fingerprint density at radius 1 is 0.553 bits per heavy atom. The van der Waals surface area contributed by atoms with Gasteiger partial charge in [0.15, 0.2) is 6.17 Å². The first kappa shape index (κ1) is 37.4. The van der Waals surface area contributed by atoms with Gasteiger partial charge in [-0.1, -0.05) is 144 Å². The fourth-order valence-corrected chi connectivity index (χ4v) is 5.64. The molecule has 0 spiro atoms. The third-order valence-electron chi connectivity index (χ3n) is 8.44. The Bertz CT molecular complexity index is 499. The second-order valence-corrected chi connectivity index (χ2v) is 13.2. The van der Waals surface area contributed by atoms with Crippen molar-refractivity contribution in [1.82, 2.24) is 0 Å². The molecule has 0 aliphatic rings. The molecule has 2 unspecified atom stereocenters. The Hall–Kier alpha value is -0.600. The number of esters is 1. The summed E-state index contributed by atoms with van der Waals surface area (Å²) >= 11 is 0. The minimum atomic E-state index is -1.46. The van der Waals surface area contributed by atoms with Crippen molar-refractivity contribution in [3.8, 4) is 0 Å². The van der Waals surface area contributed by atoms with Gasteiger partial charge in [-0.3, -0.25) is 0 Å². The molecule has 0 bridgehead atoms. The van der Waals surface area contributed by atoms with E-state index in [0.29, 0.717) is 12.3 Å². The Kier molecular flexibility index (Phi) is 25.0. The fraction of sp³-hybridized carbons (Fsp3) is 0.971. The molecule has 0 rings (SSSR count). The highest BCUT2D eigenvalue weighted by atomic mass is 19.1. The lowest BCUT2D eigenvalue weighted by atomic mass is 9.75. The molecule has 0 N–H and O–H groups in total. The van der Waals surface area contributed by atoms with Crippen LogP contribution in [0.1, 0.15) is 196 Å². The molecule has 0 aliphatic carbocycles. The van der Waals surface area contributed by atoms with Crippen LogP contribution in [0.4, 0.5) is 4.39 Å². The van der Waals surface area contributed by atoms with Crippen LogP contribution in [0, 0.1) is 11.3 Å². The molecule has 0 aromatic heterocycles. The Morgan fingerprint density at radius 3 is 1.32 bits per heavy atom. The number of unbranched alkanes of at least 4 members (excludes halogenated alkanes) is 15. The lowest BCUT2D eigenvalue weighted by Crippen LogP contribution is -2.26. The van der Waals surface area contributed by atoms with Crippen molar-refractivity contribution < 1.29 is 13.9 Å². The third-order valence-corrected chi connectivity index (χ3v) is 8.44. The van der Waals surface area contributed by atoms with E-state index in [9.17, 15) is 9.18 Å². The number of halogens is 1. The zero-order chi connectivity index (χ0) is 28.5. The first-order valence-electron chi connectivity index (χ1n) is 17.1. The highest BCUT2D eigenvalue weighted by Crippen LogP contribution is 2.35. The summed E-state index contributed by atoms with van der Waals surface area (Å²) in [7, 11) is 0. The normalized spacial score (nSPS) is 13.7. The number of rotatable bonds is 27. The van der Waals surface area contributed by atoms with Crippen LogP contribution < -0.4 is 0 Å². The quantitative estimate of drug-likeness (QED) is 0.0765. The molecule has 0 radical (unpaired) electrons. The topological polar surface area (TPSA) is 26.3 Å². The van der Waals surface area contributed by atoms with Crippen molar-refractivity contribution >= 4 is 5.97 Å². The Labute approximate surface area is 239 Å². The lowest BCUT2D eigenvalue weighted by molar-refractivity contribution is -0.156. The van der Waals surface area contributed by atoms with Gasteiger partial charge < -0.3 is 4.74 Å². The van der Waals surface area contributed by atoms with Gasteiger partial charge in [0.1, 0.15) is 6.10 Å². The van der Waals surface area contributed by atoms with Gasteiger partial charge in [-0.2, -0.15) is 0 Å². The van der Waals surface area contributed by atoms with Crippen molar-refractivity contribution in [2.24, 2.45) is 11.3 Å². The molecule has 2 atom stereocenters. The molecule has 0 aliphatic heterocycles. The predicted octanol–water partition coefficient (Wildman–Crippen LogP) is 12.3. The maximum absolute atomic E-state index is 14.8. The van der Waals surface area contributed by atoms with Crippen molar-refractivity contribution in [2.75, 3.05) is 0 Å². The maximum atomic E-state index is 14.8. The van der Waals surface area contributed by atoms with Crippen molar-refractivity contribution in [3.63, 3.8) is 0 Å². The van der Waals surface area contributed by atoms with Gasteiger partial charge in [0, 0.05) is 0 Å². The van der Waals surface area contributed by atoms with Gasteiger partial charge >= 0.3 is 5.97 Å². The average Bonchev–Trinajstić information content (AvgIpc) is 2.87. The first-order valence-corrected chi connectivity index (χ1v) is 17.1. The molecule has 0 fully saturated rings. The van der Waals surface area contributed by atoms with Crippen LogP contribution in [0.15, 0.2) is 0 Å². The summed E-state index contributed by atoms with van der Waals surface area (Å²) < 4.78 is 20.5. The summed E-state index contributed by atoms with van der Waals surface area (Å²) in [6, 6.07) is 0. The minimum Gasteiger partial charge on any atom is -0.460 e. The van der Waals surface area contributed by atoms with Gasteiger partial charge in [0.25, 0.3) is 0 Å². The maximum Gasteiger partial charge on any atom is 0.340 e. The van der Waals surface area contributed by atoms with E-state index < -0.39 is 12.1 Å². The van der Waals surface area contributed by atoms with E-state index in [4.69, 9.17) is 4.74 Å². The largest absolute Gasteiger partial charge is 0.460 e. The van der Waals surface area contributed by atoms with E-state index in [2.05, 4.69) is 41.5 Å². The van der Waals surface area contributed by atoms with Crippen LogP contribution in [0.3, 0.4) is 0 Å². The summed E-state index contributed by atoms with van der Waals surface area (Å²) in [5.41, 5.74) is 0.289. The van der Waals surface area contributed by atoms with Crippen LogP contribution in [-0.2, 0) is 9.53 Å². The molecule has 38 heavy (non-hydrogen) atoms. The molecular weight excluding hydrogens is 471 g/mol. The molecule has 0 aromatic rings. The molecule has 0 saturated carbocycles. The van der Waals surface area contributed by atoms with E-state index >= 15 is 0 Å². The van der Waals surface area contributed by atoms with Crippen molar-refractivity contribution in [1.29, 1.82) is 0 Å². The molecule has 0 amide bonds. The molecule has 228 valence electrons. The lowest BCUT2D eigenvalue weighted by Gasteiger charge is -2.31. The predicted molar refractivity (Wildman–Crippen MR) is 166 cm³/mol. The Balaban J connectivity index is 4.40. The number of carbonyl (C=O) groups excluding carboxylic acids is 1. The zero-order valence-corrected chi connectivity index (χ0v) is 26.9. The molecule has 0 aromatic carbocycles. The third kappa shape index (κ3) is 22.2. The van der Waals surface area contributed by atoms with Gasteiger partial charge in [0.2, 0.25) is 0 Å². The fourth-order valence-electron chi connectivity index (χ4n) is 5.64. The molecule has 3 heteroatoms. The molecule has 2 nitrogen and oxygen atoms in total. The van der Waals surface area contributed by atoms with Gasteiger partial charge in [-0.05, 0) is 62.7 Å². The summed E-state index contributed by atoms with van der Waals surface area (Å²) in [5.74, 6) is 0.0699. The summed E-state index contributed by atoms with van der Waals surface area (Å²) in [6.45, 7) is 13.8. The number of hydrogen-bond acceptors (Lipinski definition) is 2. The smallest absolute Gasteiger partial charge is 0.340 e. The van der Waals surface area contributed by atoms with Crippen molar-refractivity contribution in [3.05, 3.63) is 0 Å². The van der Waals surface area contributed by atoms with Gasteiger partial charge in [-0.15, -0.1) is 0 Å². The average molecular weight is 541 g/mol. The summed E-state index contributed by atoms with van der Waals surface area (Å²) in [6.07, 6.45) is 26.2. The second kappa shape index (κ2) is 25.4. The number of hydrogen-bond donors (Lipinski definition) is 0. The van der Waals surface area contributed by atoms with Crippen LogP contribution in [0.25, 0.3) is 0 Å². The number of ether oxygens (including phenoxy) is 1. The highest BCUT2D eigenvalue weighted by Gasteiger charge is 2.25. The standard InChI is InChI=1S/C35H69FO2/c1-7-10-13-16-17-20-21-26-31(35(4,5)6)27-24-25-30-33(36)34(37)38-32(28-22-18-14-11-8-2)29-23-19-15-12-9-3/h31-33H,7-30H2,1-6H3. The molecule has 0 saturated heterocycles. The second-order valence-electron chi connectivity index (χ2n) is 13.2. The van der Waals surface area contributed by atoms with Gasteiger partial charge in [-0.25, -0.2) is 9.18 Å². The van der Waals surface area contributed by atoms with E-state index in [1.165, 1.54) is 103 Å². The first-order chi connectivity index (χ1) is 18.3. The number of carbonyl (C=O) groups is 1. The van der Waals surface area contributed by atoms with Crippen LogP contribution in [-0.4, -0.2) is 18.2 Å². The zero-order valence-electron chi connectivity index (χ0n) is 26.9. The highest BCUT2D eigenvalue weighted by molar-refractivity contribution is 5.74. The summed E-state index contributed by atoms with van der Waals surface area (Å²) in [4.78, 5) is 12.6. The van der Waals surface area contributed by atoms with E-state index in [-0.39, 0.29) is 11.5 Å². The van der Waals surface area contributed by atoms with E-state index in [0.717, 1.165) is 44.9 Å². The molecule has 0 heterocycles. The van der Waals surface area contributed by atoms with Crippen LogP contribution in [0.5, 0.6) is 0 Å². The SMILES string of the molecule is CCCCCCCCCC(CCCCC(F)C(=O)OC(CCCCCCC)CCCCCCC)C(C)(C)C. The van der Waals surface area contributed by atoms with Crippen LogP contribution in [0.2, 0.25) is 0 Å².